The third-order valence-corrected chi connectivity index (χ3v) is 2.69. The van der Waals surface area contributed by atoms with Crippen molar-refractivity contribution in [3.63, 3.8) is 0 Å². The van der Waals surface area contributed by atoms with Crippen LogP contribution >= 0.6 is 0 Å². The van der Waals surface area contributed by atoms with Crippen LogP contribution in [0.5, 0.6) is 0 Å². The monoisotopic (exact) mass is 229 g/mol. The summed E-state index contributed by atoms with van der Waals surface area (Å²) in [5.74, 6) is 0. The number of nitrogens with zero attached hydrogens (tertiary/aromatic N) is 1. The molecular weight excluding hydrogens is 221 g/mol. The Morgan fingerprint density at radius 2 is 1.85 bits per heavy atom. The van der Waals surface area contributed by atoms with E-state index in [-0.39, 0.29) is 0 Å². The Bertz CT molecular complexity index is 398. The summed E-state index contributed by atoms with van der Waals surface area (Å²) in [5, 5.41) is 0. The molecule has 13 heavy (non-hydrogen) atoms. The van der Waals surface area contributed by atoms with Crippen LogP contribution in [0, 0.1) is 0 Å². The summed E-state index contributed by atoms with van der Waals surface area (Å²) in [6.45, 7) is 0. The van der Waals surface area contributed by atoms with E-state index in [1.165, 1.54) is 15.5 Å². The molecule has 0 unspecified atom stereocenters. The van der Waals surface area contributed by atoms with Crippen molar-refractivity contribution in [2.24, 2.45) is 0 Å². The number of hydrogen-bond donors (Lipinski definition) is 0. The van der Waals surface area contributed by atoms with Gasteiger partial charge in [-0.25, -0.2) is 0 Å². The zero-order chi connectivity index (χ0) is 9.10. The van der Waals surface area contributed by atoms with Crippen LogP contribution < -0.4 is 4.35 Å². The summed E-state index contributed by atoms with van der Waals surface area (Å²) in [5.41, 5.74) is 2.40. The number of rotatable bonds is 1. The second-order valence-electron chi connectivity index (χ2n) is 2.76. The second-order valence-corrected chi connectivity index (χ2v) is 3.77. The SMILES string of the molecule is [As]c1ccccc1-c1cccnc1. The van der Waals surface area contributed by atoms with Crippen molar-refractivity contribution in [1.82, 2.24) is 4.98 Å². The van der Waals surface area contributed by atoms with Crippen LogP contribution in [0.2, 0.25) is 0 Å². The molecule has 2 heteroatoms. The molecule has 0 aliphatic heterocycles. The first-order valence-electron chi connectivity index (χ1n) is 4.06. The van der Waals surface area contributed by atoms with Gasteiger partial charge in [0.05, 0.1) is 0 Å². The summed E-state index contributed by atoms with van der Waals surface area (Å²) in [6.07, 6.45) is 3.67. The van der Waals surface area contributed by atoms with Crippen LogP contribution in [-0.4, -0.2) is 21.8 Å². The second kappa shape index (κ2) is 3.76. The van der Waals surface area contributed by atoms with Gasteiger partial charge in [-0.3, -0.25) is 0 Å². The topological polar surface area (TPSA) is 12.9 Å². The molecule has 0 N–H and O–H groups in total. The van der Waals surface area contributed by atoms with Crippen LogP contribution in [0.1, 0.15) is 0 Å². The van der Waals surface area contributed by atoms with Gasteiger partial charge in [-0.1, -0.05) is 0 Å². The number of hydrogen-bond acceptors (Lipinski definition) is 1. The van der Waals surface area contributed by atoms with E-state index in [4.69, 9.17) is 0 Å². The van der Waals surface area contributed by atoms with Crippen molar-refractivity contribution < 1.29 is 0 Å². The van der Waals surface area contributed by atoms with E-state index >= 15 is 0 Å². The van der Waals surface area contributed by atoms with Crippen molar-refractivity contribution >= 4 is 21.2 Å². The molecule has 2 rings (SSSR count). The molecule has 0 spiro atoms. The molecule has 1 nitrogen and oxygen atoms in total. The predicted octanol–water partition coefficient (Wildman–Crippen LogP) is 1.54. The minimum atomic E-state index is 1.17. The number of aromatic nitrogens is 1. The van der Waals surface area contributed by atoms with Gasteiger partial charge in [0.2, 0.25) is 0 Å². The fourth-order valence-electron chi connectivity index (χ4n) is 1.24. The normalized spacial score (nSPS) is 9.92. The summed E-state index contributed by atoms with van der Waals surface area (Å²) in [6, 6.07) is 12.3. The van der Waals surface area contributed by atoms with Crippen molar-refractivity contribution in [3.8, 4) is 11.1 Å². The number of pyridine rings is 1. The standard InChI is InChI=1S/C11H8AsN/c12-11-6-2-1-5-10(11)9-4-3-7-13-8-9/h1-8H. The Balaban J connectivity index is 2.54. The van der Waals surface area contributed by atoms with Gasteiger partial charge in [-0.2, -0.15) is 0 Å². The average Bonchev–Trinajstić information content (AvgIpc) is 2.20. The van der Waals surface area contributed by atoms with Crippen LogP contribution in [0.15, 0.2) is 48.8 Å². The quantitative estimate of drug-likeness (QED) is 0.676. The molecule has 0 bridgehead atoms. The Morgan fingerprint density at radius 1 is 1.00 bits per heavy atom. The summed E-state index contributed by atoms with van der Waals surface area (Å²) < 4.78 is 1.23. The predicted molar refractivity (Wildman–Crippen MR) is 55.1 cm³/mol. The Morgan fingerprint density at radius 3 is 2.54 bits per heavy atom. The van der Waals surface area contributed by atoms with E-state index in [9.17, 15) is 0 Å². The van der Waals surface area contributed by atoms with E-state index in [0.29, 0.717) is 0 Å². The number of benzene rings is 1. The van der Waals surface area contributed by atoms with Crippen LogP contribution in [0.3, 0.4) is 0 Å². The van der Waals surface area contributed by atoms with Crippen molar-refractivity contribution in [3.05, 3.63) is 48.8 Å². The zero-order valence-electron chi connectivity index (χ0n) is 7.01. The van der Waals surface area contributed by atoms with E-state index in [1.807, 2.05) is 24.4 Å². The van der Waals surface area contributed by atoms with Gasteiger partial charge in [0.1, 0.15) is 0 Å². The Labute approximate surface area is 86.3 Å². The third-order valence-electron chi connectivity index (χ3n) is 1.88. The van der Waals surface area contributed by atoms with E-state index in [2.05, 4.69) is 40.0 Å². The van der Waals surface area contributed by atoms with E-state index in [1.54, 1.807) is 6.20 Å². The third kappa shape index (κ3) is 1.81. The van der Waals surface area contributed by atoms with Gasteiger partial charge in [-0.05, 0) is 0 Å². The van der Waals surface area contributed by atoms with Gasteiger partial charge >= 0.3 is 86.1 Å². The molecule has 2 aromatic rings. The molecule has 1 heterocycles. The average molecular weight is 229 g/mol. The summed E-state index contributed by atoms with van der Waals surface area (Å²) in [7, 11) is 0. The first kappa shape index (κ1) is 8.52. The van der Waals surface area contributed by atoms with Crippen molar-refractivity contribution in [2.45, 2.75) is 0 Å². The van der Waals surface area contributed by atoms with Gasteiger partial charge in [0, 0.05) is 0 Å². The molecular formula is C11H8AsN. The molecule has 2 radical (unpaired) electrons. The Kier molecular flexibility index (Phi) is 2.46. The van der Waals surface area contributed by atoms with Crippen LogP contribution in [0.25, 0.3) is 11.1 Å². The van der Waals surface area contributed by atoms with Crippen LogP contribution in [0.4, 0.5) is 0 Å². The van der Waals surface area contributed by atoms with E-state index in [0.717, 1.165) is 0 Å². The fraction of sp³-hybridized carbons (Fsp3) is 0. The molecule has 0 aliphatic carbocycles. The van der Waals surface area contributed by atoms with Crippen LogP contribution in [-0.2, 0) is 0 Å². The maximum absolute atomic E-state index is 4.10. The van der Waals surface area contributed by atoms with Gasteiger partial charge < -0.3 is 0 Å². The molecule has 0 saturated heterocycles. The van der Waals surface area contributed by atoms with Crippen molar-refractivity contribution in [1.29, 1.82) is 0 Å². The molecule has 0 atom stereocenters. The Hall–Kier alpha value is -1.07. The van der Waals surface area contributed by atoms with Crippen molar-refractivity contribution in [2.75, 3.05) is 0 Å². The summed E-state index contributed by atoms with van der Waals surface area (Å²) in [4.78, 5) is 4.10. The molecule has 0 amide bonds. The molecule has 1 aromatic carbocycles. The first-order valence-corrected chi connectivity index (χ1v) is 5.00. The van der Waals surface area contributed by atoms with Gasteiger partial charge in [-0.15, -0.1) is 0 Å². The minimum absolute atomic E-state index is 1.17. The zero-order valence-corrected chi connectivity index (χ0v) is 8.89. The summed E-state index contributed by atoms with van der Waals surface area (Å²) >= 11 is 2.58. The fourth-order valence-corrected chi connectivity index (χ4v) is 1.85. The molecule has 0 aliphatic rings. The van der Waals surface area contributed by atoms with Gasteiger partial charge in [0.15, 0.2) is 0 Å². The molecule has 0 saturated carbocycles. The molecule has 0 fully saturated rings. The van der Waals surface area contributed by atoms with E-state index < -0.39 is 0 Å². The van der Waals surface area contributed by atoms with Gasteiger partial charge in [0.25, 0.3) is 0 Å². The first-order chi connectivity index (χ1) is 6.38. The molecule has 1 aromatic heterocycles. The molecule has 62 valence electrons. The maximum atomic E-state index is 4.10.